The van der Waals surface area contributed by atoms with Crippen LogP contribution in [0.3, 0.4) is 0 Å². The number of nitrogens with zero attached hydrogens (tertiary/aromatic N) is 1. The number of ether oxygens (including phenoxy) is 1. The molecule has 5 heteroatoms. The van der Waals surface area contributed by atoms with E-state index < -0.39 is 0 Å². The number of amides is 2. The number of benzene rings is 2. The smallest absolute Gasteiger partial charge is 0.262 e. The van der Waals surface area contributed by atoms with Gasteiger partial charge in [0.25, 0.3) is 11.8 Å². The number of hydrogen-bond donors (Lipinski definition) is 1. The number of rotatable bonds is 10. The molecule has 5 nitrogen and oxygen atoms in total. The van der Waals surface area contributed by atoms with Crippen LogP contribution in [0.25, 0.3) is 0 Å². The zero-order valence-corrected chi connectivity index (χ0v) is 17.0. The third-order valence-electron chi connectivity index (χ3n) is 4.37. The van der Waals surface area contributed by atoms with Gasteiger partial charge in [0.1, 0.15) is 5.75 Å². The molecular weight excluding hydrogens is 352 g/mol. The molecule has 1 N–H and O–H groups in total. The van der Waals surface area contributed by atoms with E-state index >= 15 is 0 Å². The molecule has 2 aromatic rings. The first-order valence-corrected chi connectivity index (χ1v) is 9.98. The van der Waals surface area contributed by atoms with Gasteiger partial charge in [0, 0.05) is 24.3 Å². The van der Waals surface area contributed by atoms with Crippen LogP contribution in [0.1, 0.15) is 49.5 Å². The van der Waals surface area contributed by atoms with E-state index in [1.807, 2.05) is 29.2 Å². The Morgan fingerprint density at radius 1 is 0.964 bits per heavy atom. The normalized spacial score (nSPS) is 10.4. The van der Waals surface area contributed by atoms with Gasteiger partial charge in [0.2, 0.25) is 0 Å². The van der Waals surface area contributed by atoms with Crippen LogP contribution in [0.5, 0.6) is 5.75 Å². The van der Waals surface area contributed by atoms with Crippen molar-refractivity contribution in [1.82, 2.24) is 4.90 Å². The van der Waals surface area contributed by atoms with Crippen LogP contribution >= 0.6 is 0 Å². The molecule has 0 aliphatic rings. The molecule has 0 saturated carbocycles. The van der Waals surface area contributed by atoms with Crippen LogP contribution in [-0.4, -0.2) is 36.4 Å². The Bertz CT molecular complexity index is 766. The summed E-state index contributed by atoms with van der Waals surface area (Å²) >= 11 is 0. The number of aryl methyl sites for hydroxylation is 1. The van der Waals surface area contributed by atoms with E-state index in [-0.39, 0.29) is 18.4 Å². The van der Waals surface area contributed by atoms with Crippen LogP contribution in [0, 0.1) is 0 Å². The molecule has 0 bridgehead atoms. The molecule has 0 radical (unpaired) electrons. The van der Waals surface area contributed by atoms with Gasteiger partial charge >= 0.3 is 0 Å². The molecule has 150 valence electrons. The summed E-state index contributed by atoms with van der Waals surface area (Å²) in [7, 11) is 0. The molecule has 2 aromatic carbocycles. The first-order chi connectivity index (χ1) is 13.6. The van der Waals surface area contributed by atoms with E-state index in [1.165, 1.54) is 5.56 Å². The lowest BCUT2D eigenvalue weighted by atomic mass is 10.1. The van der Waals surface area contributed by atoms with Crippen molar-refractivity contribution < 1.29 is 14.3 Å². The maximum atomic E-state index is 12.7. The molecule has 0 unspecified atom stereocenters. The molecule has 2 amide bonds. The maximum absolute atomic E-state index is 12.7. The minimum absolute atomic E-state index is 0.00735. The predicted octanol–water partition coefficient (Wildman–Crippen LogP) is 4.53. The molecule has 0 spiro atoms. The summed E-state index contributed by atoms with van der Waals surface area (Å²) in [5.41, 5.74) is 2.39. The molecule has 0 aromatic heterocycles. The molecule has 0 aliphatic carbocycles. The summed E-state index contributed by atoms with van der Waals surface area (Å²) in [6.07, 6.45) is 2.79. The Kier molecular flexibility index (Phi) is 8.53. The summed E-state index contributed by atoms with van der Waals surface area (Å²) in [5, 5.41) is 2.80. The monoisotopic (exact) mass is 382 g/mol. The highest BCUT2D eigenvalue weighted by molar-refractivity contribution is 5.97. The van der Waals surface area contributed by atoms with Crippen LogP contribution in [0.15, 0.2) is 48.5 Å². The van der Waals surface area contributed by atoms with E-state index in [4.69, 9.17) is 4.74 Å². The summed E-state index contributed by atoms with van der Waals surface area (Å²) < 4.78 is 5.53. The Balaban J connectivity index is 1.95. The first kappa shape index (κ1) is 21.5. The van der Waals surface area contributed by atoms with Crippen LogP contribution in [0.2, 0.25) is 0 Å². The van der Waals surface area contributed by atoms with Crippen LogP contribution in [0.4, 0.5) is 5.69 Å². The van der Waals surface area contributed by atoms with Crippen LogP contribution in [-0.2, 0) is 11.2 Å². The van der Waals surface area contributed by atoms with Gasteiger partial charge in [-0.15, -0.1) is 0 Å². The van der Waals surface area contributed by atoms with Gasteiger partial charge in [-0.25, -0.2) is 0 Å². The Hall–Kier alpha value is -2.82. The first-order valence-electron chi connectivity index (χ1n) is 9.98. The van der Waals surface area contributed by atoms with Crippen molar-refractivity contribution in [3.8, 4) is 5.75 Å². The van der Waals surface area contributed by atoms with Crippen molar-refractivity contribution in [3.63, 3.8) is 0 Å². The van der Waals surface area contributed by atoms with Crippen molar-refractivity contribution in [1.29, 1.82) is 0 Å². The highest BCUT2D eigenvalue weighted by Gasteiger charge is 2.15. The van der Waals surface area contributed by atoms with E-state index in [0.29, 0.717) is 17.0 Å². The number of hydrogen-bond acceptors (Lipinski definition) is 3. The lowest BCUT2D eigenvalue weighted by Gasteiger charge is -2.21. The summed E-state index contributed by atoms with van der Waals surface area (Å²) in [4.78, 5) is 26.8. The largest absolute Gasteiger partial charge is 0.484 e. The van der Waals surface area contributed by atoms with Gasteiger partial charge in [-0.2, -0.15) is 0 Å². The average Bonchev–Trinajstić information content (AvgIpc) is 2.72. The lowest BCUT2D eigenvalue weighted by molar-refractivity contribution is -0.118. The van der Waals surface area contributed by atoms with Crippen molar-refractivity contribution in [2.45, 2.75) is 40.0 Å². The molecule has 0 fully saturated rings. The van der Waals surface area contributed by atoms with Crippen molar-refractivity contribution in [3.05, 3.63) is 59.7 Å². The van der Waals surface area contributed by atoms with E-state index in [9.17, 15) is 9.59 Å². The molecule has 0 saturated heterocycles. The second-order valence-corrected chi connectivity index (χ2v) is 6.71. The SMILES string of the molecule is CCCN(CCC)C(=O)c1cccc(NC(=O)COc2ccc(CC)cc2)c1. The molecule has 0 aliphatic heterocycles. The predicted molar refractivity (Wildman–Crippen MR) is 113 cm³/mol. The van der Waals surface area contributed by atoms with Gasteiger partial charge in [-0.05, 0) is 55.2 Å². The number of carbonyl (C=O) groups is 2. The van der Waals surface area contributed by atoms with Gasteiger partial charge in [0.05, 0.1) is 0 Å². The highest BCUT2D eigenvalue weighted by Crippen LogP contribution is 2.15. The lowest BCUT2D eigenvalue weighted by Crippen LogP contribution is -2.32. The van der Waals surface area contributed by atoms with Crippen molar-refractivity contribution in [2.24, 2.45) is 0 Å². The van der Waals surface area contributed by atoms with Crippen LogP contribution < -0.4 is 10.1 Å². The summed E-state index contributed by atoms with van der Waals surface area (Å²) in [6, 6.07) is 14.7. The van der Waals surface area contributed by atoms with Crippen molar-refractivity contribution in [2.75, 3.05) is 25.0 Å². The van der Waals surface area contributed by atoms with E-state index in [0.717, 1.165) is 32.4 Å². The molecule has 2 rings (SSSR count). The molecular formula is C23H30N2O3. The minimum atomic E-state index is -0.261. The zero-order chi connectivity index (χ0) is 20.4. The van der Waals surface area contributed by atoms with E-state index in [1.54, 1.807) is 24.3 Å². The summed E-state index contributed by atoms with van der Waals surface area (Å²) in [6.45, 7) is 7.58. The highest BCUT2D eigenvalue weighted by atomic mass is 16.5. The Morgan fingerprint density at radius 3 is 2.25 bits per heavy atom. The fraction of sp³-hybridized carbons (Fsp3) is 0.391. The van der Waals surface area contributed by atoms with Gasteiger partial charge < -0.3 is 15.0 Å². The number of carbonyl (C=O) groups excluding carboxylic acids is 2. The number of anilines is 1. The molecule has 28 heavy (non-hydrogen) atoms. The Labute approximate surface area is 167 Å². The van der Waals surface area contributed by atoms with Gasteiger partial charge in [-0.1, -0.05) is 39.0 Å². The minimum Gasteiger partial charge on any atom is -0.484 e. The van der Waals surface area contributed by atoms with Gasteiger partial charge in [-0.3, -0.25) is 9.59 Å². The van der Waals surface area contributed by atoms with Gasteiger partial charge in [0.15, 0.2) is 6.61 Å². The third-order valence-corrected chi connectivity index (χ3v) is 4.37. The molecule has 0 atom stereocenters. The second-order valence-electron chi connectivity index (χ2n) is 6.71. The maximum Gasteiger partial charge on any atom is 0.262 e. The van der Waals surface area contributed by atoms with E-state index in [2.05, 4.69) is 26.1 Å². The number of nitrogens with one attached hydrogen (secondary N) is 1. The molecule has 0 heterocycles. The van der Waals surface area contributed by atoms with Crippen molar-refractivity contribution >= 4 is 17.5 Å². The average molecular weight is 383 g/mol. The summed E-state index contributed by atoms with van der Waals surface area (Å²) in [5.74, 6) is 0.390. The second kappa shape index (κ2) is 11.1. The topological polar surface area (TPSA) is 58.6 Å². The fourth-order valence-corrected chi connectivity index (χ4v) is 2.93. The third kappa shape index (κ3) is 6.41. The Morgan fingerprint density at radius 2 is 1.64 bits per heavy atom. The fourth-order valence-electron chi connectivity index (χ4n) is 2.93. The zero-order valence-electron chi connectivity index (χ0n) is 17.0. The standard InChI is InChI=1S/C23H30N2O3/c1-4-14-25(15-5-2)23(27)19-8-7-9-20(16-19)24-22(26)17-28-21-12-10-18(6-3)11-13-21/h7-13,16H,4-6,14-15,17H2,1-3H3,(H,24,26). The quantitative estimate of drug-likeness (QED) is 0.657.